The number of fused-ring (bicyclic) bond motifs is 1. The van der Waals surface area contributed by atoms with Crippen molar-refractivity contribution in [3.8, 4) is 11.5 Å². The summed E-state index contributed by atoms with van der Waals surface area (Å²) in [5, 5.41) is 8.04. The molecule has 0 amide bonds. The van der Waals surface area contributed by atoms with Crippen LogP contribution in [0, 0.1) is 25.5 Å². The van der Waals surface area contributed by atoms with Crippen molar-refractivity contribution in [1.29, 1.82) is 0 Å². The highest BCUT2D eigenvalue weighted by Gasteiger charge is 2.32. The second-order valence-electron chi connectivity index (χ2n) is 8.86. The van der Waals surface area contributed by atoms with Gasteiger partial charge in [0.1, 0.15) is 17.2 Å². The Morgan fingerprint density at radius 3 is 2.66 bits per heavy atom. The van der Waals surface area contributed by atoms with Crippen molar-refractivity contribution in [2.45, 2.75) is 58.2 Å². The summed E-state index contributed by atoms with van der Waals surface area (Å²) in [5.41, 5.74) is 1.45. The van der Waals surface area contributed by atoms with Gasteiger partial charge in [0.25, 0.3) is 5.89 Å². The zero-order valence-electron chi connectivity index (χ0n) is 18.5. The fourth-order valence-corrected chi connectivity index (χ4v) is 4.93. The highest BCUT2D eigenvalue weighted by Crippen LogP contribution is 2.39. The van der Waals surface area contributed by atoms with Crippen molar-refractivity contribution in [1.82, 2.24) is 20.4 Å². The van der Waals surface area contributed by atoms with Gasteiger partial charge >= 0.3 is 0 Å². The quantitative estimate of drug-likeness (QED) is 0.655. The van der Waals surface area contributed by atoms with Crippen LogP contribution in [0.5, 0.6) is 0 Å². The van der Waals surface area contributed by atoms with E-state index < -0.39 is 11.6 Å². The van der Waals surface area contributed by atoms with Crippen LogP contribution in [0.2, 0.25) is 0 Å². The molecule has 2 aliphatic rings. The first-order chi connectivity index (χ1) is 15.4. The van der Waals surface area contributed by atoms with Gasteiger partial charge in [-0.05, 0) is 51.7 Å². The Kier molecular flexibility index (Phi) is 5.54. The number of halogens is 2. The zero-order valence-corrected chi connectivity index (χ0v) is 18.5. The minimum Gasteiger partial charge on any atom is -0.380 e. The van der Waals surface area contributed by atoms with Crippen LogP contribution >= 0.6 is 0 Å². The summed E-state index contributed by atoms with van der Waals surface area (Å²) in [6.07, 6.45) is 2.88. The number of ether oxygens (including phenoxy) is 1. The van der Waals surface area contributed by atoms with Gasteiger partial charge < -0.3 is 19.5 Å². The third-order valence-electron chi connectivity index (χ3n) is 6.54. The largest absolute Gasteiger partial charge is 0.380 e. The maximum atomic E-state index is 14.7. The molecule has 0 radical (unpaired) electrons. The number of nitrogens with one attached hydrogen (secondary N) is 1. The van der Waals surface area contributed by atoms with Crippen LogP contribution in [0.3, 0.4) is 0 Å². The molecule has 0 saturated carbocycles. The molecular formula is C23H27F2N5O2. The van der Waals surface area contributed by atoms with Crippen LogP contribution < -0.4 is 10.2 Å². The van der Waals surface area contributed by atoms with Crippen molar-refractivity contribution in [3.63, 3.8) is 0 Å². The first-order valence-corrected chi connectivity index (χ1v) is 11.1. The normalized spacial score (nSPS) is 23.9. The van der Waals surface area contributed by atoms with E-state index in [9.17, 15) is 8.78 Å². The molecular weight excluding hydrogens is 416 g/mol. The van der Waals surface area contributed by atoms with Crippen LogP contribution in [0.1, 0.15) is 37.6 Å². The first-order valence-electron chi connectivity index (χ1n) is 11.1. The summed E-state index contributed by atoms with van der Waals surface area (Å²) in [6, 6.07) is 3.12. The van der Waals surface area contributed by atoms with E-state index in [0.29, 0.717) is 46.1 Å². The Balaban J connectivity index is 1.55. The van der Waals surface area contributed by atoms with Gasteiger partial charge in [-0.2, -0.15) is 4.98 Å². The minimum absolute atomic E-state index is 0.148. The van der Waals surface area contributed by atoms with E-state index >= 15 is 0 Å². The van der Waals surface area contributed by atoms with E-state index in [0.717, 1.165) is 45.1 Å². The van der Waals surface area contributed by atoms with Gasteiger partial charge in [0.05, 0.1) is 12.2 Å². The Morgan fingerprint density at radius 2 is 1.97 bits per heavy atom. The number of rotatable bonds is 4. The first kappa shape index (κ1) is 21.2. The second-order valence-corrected chi connectivity index (χ2v) is 8.86. The maximum Gasteiger partial charge on any atom is 0.261 e. The lowest BCUT2D eigenvalue weighted by molar-refractivity contribution is 0.185. The van der Waals surface area contributed by atoms with Crippen LogP contribution in [-0.2, 0) is 4.74 Å². The average Bonchev–Trinajstić information content (AvgIpc) is 3.40. The number of anilines is 1. The van der Waals surface area contributed by atoms with Crippen LogP contribution in [0.4, 0.5) is 14.6 Å². The van der Waals surface area contributed by atoms with Crippen molar-refractivity contribution < 1.29 is 18.0 Å². The molecule has 7 nitrogen and oxygen atoms in total. The van der Waals surface area contributed by atoms with Gasteiger partial charge in [0.2, 0.25) is 0 Å². The molecule has 170 valence electrons. The third kappa shape index (κ3) is 3.84. The van der Waals surface area contributed by atoms with E-state index in [1.807, 2.05) is 6.92 Å². The summed E-state index contributed by atoms with van der Waals surface area (Å²) >= 11 is 0. The lowest BCUT2D eigenvalue weighted by atomic mass is 9.95. The number of pyridine rings is 1. The maximum absolute atomic E-state index is 14.7. The highest BCUT2D eigenvalue weighted by atomic mass is 19.1. The molecule has 1 aromatic carbocycles. The molecule has 3 aromatic rings. The highest BCUT2D eigenvalue weighted by molar-refractivity contribution is 5.92. The number of piperidine rings is 1. The molecule has 0 spiro atoms. The number of nitrogens with zero attached hydrogens (tertiary/aromatic N) is 4. The van der Waals surface area contributed by atoms with Crippen LogP contribution in [-0.4, -0.2) is 53.0 Å². The van der Waals surface area contributed by atoms with Crippen molar-refractivity contribution >= 4 is 16.7 Å². The number of hydrogen-bond acceptors (Lipinski definition) is 7. The standard InChI is InChI=1S/C23H27F2N5O2/c1-12-8-16(27-17-5-7-31-11-17)4-6-30(12)22-20(23-26-14(3)29-32-23)13(2)18-9-15(24)10-19(25)21(18)28-22/h9-10,12,16-17,27H,4-8,11H2,1-3H3/t12-,16-,17?/m1/s1. The topological polar surface area (TPSA) is 76.3 Å². The molecule has 32 heavy (non-hydrogen) atoms. The molecule has 2 fully saturated rings. The summed E-state index contributed by atoms with van der Waals surface area (Å²) in [7, 11) is 0. The molecule has 1 N–H and O–H groups in total. The summed E-state index contributed by atoms with van der Waals surface area (Å²) in [5.74, 6) is 0.0778. The zero-order chi connectivity index (χ0) is 22.4. The number of benzene rings is 1. The van der Waals surface area contributed by atoms with E-state index in [4.69, 9.17) is 9.26 Å². The monoisotopic (exact) mass is 443 g/mol. The number of aromatic nitrogens is 3. The van der Waals surface area contributed by atoms with Crippen LogP contribution in [0.15, 0.2) is 16.7 Å². The fourth-order valence-electron chi connectivity index (χ4n) is 4.93. The predicted molar refractivity (Wildman–Crippen MR) is 117 cm³/mol. The fraction of sp³-hybridized carbons (Fsp3) is 0.522. The Hall–Kier alpha value is -2.65. The number of aryl methyl sites for hydroxylation is 2. The van der Waals surface area contributed by atoms with E-state index in [-0.39, 0.29) is 11.6 Å². The van der Waals surface area contributed by atoms with Gasteiger partial charge in [0.15, 0.2) is 11.6 Å². The van der Waals surface area contributed by atoms with Crippen molar-refractivity contribution in [2.75, 3.05) is 24.7 Å². The predicted octanol–water partition coefficient (Wildman–Crippen LogP) is 3.92. The summed E-state index contributed by atoms with van der Waals surface area (Å²) < 4.78 is 39.7. The second kappa shape index (κ2) is 8.37. The van der Waals surface area contributed by atoms with E-state index in [1.54, 1.807) is 6.92 Å². The van der Waals surface area contributed by atoms with E-state index in [2.05, 4.69) is 32.3 Å². The molecule has 2 saturated heterocycles. The number of hydrogen-bond donors (Lipinski definition) is 1. The molecule has 0 aliphatic carbocycles. The molecule has 2 aliphatic heterocycles. The van der Waals surface area contributed by atoms with Gasteiger partial charge in [0, 0.05) is 42.7 Å². The SMILES string of the molecule is Cc1noc(-c2c(N3CC[C@@H](NC4CCOC4)C[C@H]3C)nc3c(F)cc(F)cc3c2C)n1. The van der Waals surface area contributed by atoms with Crippen molar-refractivity contribution in [3.05, 3.63) is 35.2 Å². The average molecular weight is 443 g/mol. The molecule has 2 aromatic heterocycles. The van der Waals surface area contributed by atoms with Crippen molar-refractivity contribution in [2.24, 2.45) is 0 Å². The molecule has 4 heterocycles. The Morgan fingerprint density at radius 1 is 1.12 bits per heavy atom. The molecule has 5 rings (SSSR count). The van der Waals surface area contributed by atoms with Gasteiger partial charge in [-0.1, -0.05) is 5.16 Å². The van der Waals surface area contributed by atoms with Crippen LogP contribution in [0.25, 0.3) is 22.4 Å². The lowest BCUT2D eigenvalue weighted by Crippen LogP contribution is -2.50. The Bertz CT molecular complexity index is 1150. The smallest absolute Gasteiger partial charge is 0.261 e. The Labute approximate surface area is 185 Å². The molecule has 1 unspecified atom stereocenters. The summed E-state index contributed by atoms with van der Waals surface area (Å²) in [6.45, 7) is 8.02. The van der Waals surface area contributed by atoms with Gasteiger partial charge in [-0.3, -0.25) is 0 Å². The molecule has 0 bridgehead atoms. The lowest BCUT2D eigenvalue weighted by Gasteiger charge is -2.40. The van der Waals surface area contributed by atoms with E-state index in [1.165, 1.54) is 6.07 Å². The molecule has 3 atom stereocenters. The van der Waals surface area contributed by atoms with Gasteiger partial charge in [-0.15, -0.1) is 0 Å². The van der Waals surface area contributed by atoms with Gasteiger partial charge in [-0.25, -0.2) is 13.8 Å². The summed E-state index contributed by atoms with van der Waals surface area (Å²) in [4.78, 5) is 11.3. The minimum atomic E-state index is -0.678. The third-order valence-corrected chi connectivity index (χ3v) is 6.54. The molecule has 9 heteroatoms.